The van der Waals surface area contributed by atoms with E-state index in [2.05, 4.69) is 0 Å². The number of rotatable bonds is 4. The van der Waals surface area contributed by atoms with Crippen LogP contribution in [0.3, 0.4) is 0 Å². The van der Waals surface area contributed by atoms with Crippen molar-refractivity contribution in [3.63, 3.8) is 0 Å². The van der Waals surface area contributed by atoms with Gasteiger partial charge in [0.1, 0.15) is 18.2 Å². The van der Waals surface area contributed by atoms with Gasteiger partial charge in [-0.05, 0) is 51.3 Å². The van der Waals surface area contributed by atoms with Crippen molar-refractivity contribution in [2.45, 2.75) is 58.8 Å². The molecule has 1 heterocycles. The molecule has 2 rings (SSSR count). The van der Waals surface area contributed by atoms with Gasteiger partial charge in [0.2, 0.25) is 5.91 Å². The molecule has 9 nitrogen and oxygen atoms in total. The molecular weight excluding hydrogens is 368 g/mol. The number of benzene rings is 1. The number of amides is 2. The number of hydrogen-bond acceptors (Lipinski definition) is 7. The molecule has 0 spiro atoms. The second-order valence-corrected chi connectivity index (χ2v) is 7.71. The summed E-state index contributed by atoms with van der Waals surface area (Å²) in [5.41, 5.74) is -0.332. The molecule has 1 aliphatic heterocycles. The molecule has 1 aromatic rings. The Morgan fingerprint density at radius 1 is 1.21 bits per heavy atom. The fraction of sp³-hybridized carbons (Fsp3) is 0.526. The predicted octanol–water partition coefficient (Wildman–Crippen LogP) is 3.20. The van der Waals surface area contributed by atoms with E-state index in [1.807, 2.05) is 0 Å². The van der Waals surface area contributed by atoms with E-state index in [1.54, 1.807) is 27.7 Å². The van der Waals surface area contributed by atoms with Gasteiger partial charge in [0.15, 0.2) is 0 Å². The van der Waals surface area contributed by atoms with Gasteiger partial charge in [-0.25, -0.2) is 14.5 Å². The third-order valence-corrected chi connectivity index (χ3v) is 4.23. The van der Waals surface area contributed by atoms with Crippen LogP contribution < -0.4 is 0 Å². The molecule has 2 amide bonds. The fourth-order valence-corrected chi connectivity index (χ4v) is 2.77. The van der Waals surface area contributed by atoms with Gasteiger partial charge in [0.25, 0.3) is 5.69 Å². The Balaban J connectivity index is 2.08. The Morgan fingerprint density at radius 3 is 2.36 bits per heavy atom. The Labute approximate surface area is 162 Å². The van der Waals surface area contributed by atoms with Crippen LogP contribution in [0.25, 0.3) is 0 Å². The van der Waals surface area contributed by atoms with E-state index < -0.39 is 40.5 Å². The Hall–Kier alpha value is -2.97. The van der Waals surface area contributed by atoms with Crippen molar-refractivity contribution in [1.29, 1.82) is 0 Å². The lowest BCUT2D eigenvalue weighted by atomic mass is 9.93. The molecule has 1 aliphatic rings. The second kappa shape index (κ2) is 8.37. The minimum absolute atomic E-state index is 0.0713. The normalized spacial score (nSPS) is 19.9. The number of imide groups is 1. The first-order chi connectivity index (χ1) is 13.0. The van der Waals surface area contributed by atoms with Gasteiger partial charge in [0, 0.05) is 18.1 Å². The van der Waals surface area contributed by atoms with Gasteiger partial charge in [-0.1, -0.05) is 6.92 Å². The van der Waals surface area contributed by atoms with E-state index in [-0.39, 0.29) is 18.7 Å². The highest BCUT2D eigenvalue weighted by Crippen LogP contribution is 2.26. The summed E-state index contributed by atoms with van der Waals surface area (Å²) in [6.07, 6.45) is -0.137. The molecule has 1 unspecified atom stereocenters. The van der Waals surface area contributed by atoms with Gasteiger partial charge in [-0.3, -0.25) is 14.9 Å². The van der Waals surface area contributed by atoms with Gasteiger partial charge in [0.05, 0.1) is 4.92 Å². The molecule has 152 valence electrons. The smallest absolute Gasteiger partial charge is 0.417 e. The topological polar surface area (TPSA) is 116 Å². The molecule has 1 aromatic carbocycles. The van der Waals surface area contributed by atoms with Crippen LogP contribution in [0.1, 0.15) is 46.1 Å². The van der Waals surface area contributed by atoms with Crippen LogP contribution in [0, 0.1) is 16.0 Å². The molecule has 0 N–H and O–H groups in total. The minimum atomic E-state index is -1.06. The van der Waals surface area contributed by atoms with E-state index in [0.29, 0.717) is 12.0 Å². The quantitative estimate of drug-likeness (QED) is 0.439. The molecule has 1 saturated heterocycles. The second-order valence-electron chi connectivity index (χ2n) is 7.71. The monoisotopic (exact) mass is 392 g/mol. The molecule has 0 saturated carbocycles. The maximum atomic E-state index is 12.5. The Morgan fingerprint density at radius 2 is 1.82 bits per heavy atom. The SMILES string of the molecule is CC1CC[C@@H](C(=O)OCc2ccc([N+](=O)[O-])cc2)N(C(=O)OC(C)(C)C)C1=O. The summed E-state index contributed by atoms with van der Waals surface area (Å²) in [5.74, 6) is -1.59. The van der Waals surface area contributed by atoms with Crippen LogP contribution in [0.15, 0.2) is 24.3 Å². The number of carbonyl (C=O) groups excluding carboxylic acids is 3. The molecule has 1 fully saturated rings. The van der Waals surface area contributed by atoms with Crippen LogP contribution in [-0.2, 0) is 25.7 Å². The van der Waals surface area contributed by atoms with Crippen molar-refractivity contribution < 1.29 is 28.8 Å². The molecule has 0 aromatic heterocycles. The summed E-state index contributed by atoms with van der Waals surface area (Å²) >= 11 is 0. The van der Waals surface area contributed by atoms with Crippen LogP contribution in [-0.4, -0.2) is 39.4 Å². The van der Waals surface area contributed by atoms with Gasteiger partial charge in [-0.15, -0.1) is 0 Å². The zero-order chi connectivity index (χ0) is 21.1. The van der Waals surface area contributed by atoms with Crippen LogP contribution in [0.5, 0.6) is 0 Å². The number of nitro benzene ring substituents is 1. The summed E-state index contributed by atoms with van der Waals surface area (Å²) < 4.78 is 10.5. The number of non-ortho nitro benzene ring substituents is 1. The average Bonchev–Trinajstić information content (AvgIpc) is 2.60. The summed E-state index contributed by atoms with van der Waals surface area (Å²) in [6, 6.07) is 4.51. The molecule has 2 atom stereocenters. The highest BCUT2D eigenvalue weighted by atomic mass is 16.6. The summed E-state index contributed by atoms with van der Waals surface area (Å²) in [7, 11) is 0. The Bertz CT molecular complexity index is 767. The van der Waals surface area contributed by atoms with E-state index >= 15 is 0 Å². The standard InChI is InChI=1S/C19H24N2O7/c1-12-5-10-15(20(16(12)22)18(24)28-19(2,3)4)17(23)27-11-13-6-8-14(9-7-13)21(25)26/h6-9,12,15H,5,10-11H2,1-4H3/t12?,15-/m0/s1. The first kappa shape index (κ1) is 21.3. The van der Waals surface area contributed by atoms with Crippen molar-refractivity contribution in [2.75, 3.05) is 0 Å². The lowest BCUT2D eigenvalue weighted by molar-refractivity contribution is -0.384. The number of ether oxygens (including phenoxy) is 2. The van der Waals surface area contributed by atoms with Gasteiger partial charge >= 0.3 is 12.1 Å². The Kier molecular flexibility index (Phi) is 6.37. The summed E-state index contributed by atoms with van der Waals surface area (Å²) in [6.45, 7) is 6.58. The van der Waals surface area contributed by atoms with E-state index in [1.165, 1.54) is 24.3 Å². The number of piperidine rings is 1. The first-order valence-electron chi connectivity index (χ1n) is 8.95. The number of carbonyl (C=O) groups is 3. The molecular formula is C19H24N2O7. The van der Waals surface area contributed by atoms with Crippen molar-refractivity contribution in [3.8, 4) is 0 Å². The maximum Gasteiger partial charge on any atom is 0.417 e. The van der Waals surface area contributed by atoms with Gasteiger partial charge in [-0.2, -0.15) is 0 Å². The predicted molar refractivity (Wildman–Crippen MR) is 98.2 cm³/mol. The molecule has 9 heteroatoms. The van der Waals surface area contributed by atoms with Crippen LogP contribution >= 0.6 is 0 Å². The fourth-order valence-electron chi connectivity index (χ4n) is 2.77. The minimum Gasteiger partial charge on any atom is -0.459 e. The number of likely N-dealkylation sites (tertiary alicyclic amines) is 1. The van der Waals surface area contributed by atoms with Crippen molar-refractivity contribution >= 4 is 23.7 Å². The number of esters is 1. The zero-order valence-corrected chi connectivity index (χ0v) is 16.3. The lowest BCUT2D eigenvalue weighted by Gasteiger charge is -2.36. The molecule has 0 bridgehead atoms. The van der Waals surface area contributed by atoms with E-state index in [9.17, 15) is 24.5 Å². The van der Waals surface area contributed by atoms with Crippen molar-refractivity contribution in [1.82, 2.24) is 4.90 Å². The van der Waals surface area contributed by atoms with E-state index in [4.69, 9.17) is 9.47 Å². The highest BCUT2D eigenvalue weighted by molar-refractivity contribution is 5.98. The maximum absolute atomic E-state index is 12.5. The molecule has 0 radical (unpaired) electrons. The summed E-state index contributed by atoms with van der Waals surface area (Å²) in [5, 5.41) is 10.7. The van der Waals surface area contributed by atoms with E-state index in [0.717, 1.165) is 4.90 Å². The van der Waals surface area contributed by atoms with Crippen molar-refractivity contribution in [3.05, 3.63) is 39.9 Å². The molecule has 0 aliphatic carbocycles. The zero-order valence-electron chi connectivity index (χ0n) is 16.3. The lowest BCUT2D eigenvalue weighted by Crippen LogP contribution is -2.55. The van der Waals surface area contributed by atoms with Crippen molar-refractivity contribution in [2.24, 2.45) is 5.92 Å². The van der Waals surface area contributed by atoms with Crippen LogP contribution in [0.4, 0.5) is 10.5 Å². The largest absolute Gasteiger partial charge is 0.459 e. The average molecular weight is 392 g/mol. The van der Waals surface area contributed by atoms with Gasteiger partial charge < -0.3 is 9.47 Å². The number of hydrogen-bond donors (Lipinski definition) is 0. The number of nitrogens with zero attached hydrogens (tertiary/aromatic N) is 2. The third kappa shape index (κ3) is 5.28. The third-order valence-electron chi connectivity index (χ3n) is 4.23. The first-order valence-corrected chi connectivity index (χ1v) is 8.95. The molecule has 28 heavy (non-hydrogen) atoms. The number of nitro groups is 1. The summed E-state index contributed by atoms with van der Waals surface area (Å²) in [4.78, 5) is 48.5. The highest BCUT2D eigenvalue weighted by Gasteiger charge is 2.43. The van der Waals surface area contributed by atoms with Crippen LogP contribution in [0.2, 0.25) is 0 Å².